The van der Waals surface area contributed by atoms with Gasteiger partial charge in [0, 0.05) is 33.8 Å². The van der Waals surface area contributed by atoms with Gasteiger partial charge in [0.05, 0.1) is 11.4 Å². The molecule has 0 aliphatic rings. The van der Waals surface area contributed by atoms with Crippen molar-refractivity contribution in [3.05, 3.63) is 97.1 Å². The molecule has 0 aromatic heterocycles. The fourth-order valence-corrected chi connectivity index (χ4v) is 4.10. The van der Waals surface area contributed by atoms with E-state index in [1.165, 1.54) is 22.5 Å². The Balaban J connectivity index is 0.000000186. The maximum atomic E-state index is 5.90. The zero-order valence-electron chi connectivity index (χ0n) is 19.0. The first-order valence-corrected chi connectivity index (χ1v) is 11.3. The van der Waals surface area contributed by atoms with Crippen LogP contribution in [0.4, 0.5) is 17.1 Å². The molecule has 3 nitrogen and oxygen atoms in total. The van der Waals surface area contributed by atoms with E-state index < -0.39 is 0 Å². The summed E-state index contributed by atoms with van der Waals surface area (Å²) in [4.78, 5) is 4.33. The first-order valence-electron chi connectivity index (χ1n) is 10.5. The fraction of sp³-hybridized carbons (Fsp3) is 0.143. The number of anilines is 3. The summed E-state index contributed by atoms with van der Waals surface area (Å²) in [5.41, 5.74) is 14.0. The number of nitrogens with zero attached hydrogens (tertiary/aromatic N) is 2. The Hall–Kier alpha value is -3.06. The minimum atomic E-state index is 0.811. The zero-order chi connectivity index (χ0) is 23.1. The average molecular weight is 515 g/mol. The van der Waals surface area contributed by atoms with Crippen LogP contribution >= 0.6 is 0 Å². The van der Waals surface area contributed by atoms with Crippen LogP contribution < -0.4 is 19.6 Å². The summed E-state index contributed by atoms with van der Waals surface area (Å²) in [5.74, 6) is 0. The minimum absolute atomic E-state index is 0.811. The zero-order valence-corrected chi connectivity index (χ0v) is 20.6. The van der Waals surface area contributed by atoms with E-state index in [4.69, 9.17) is 5.73 Å². The van der Waals surface area contributed by atoms with Crippen molar-refractivity contribution in [2.45, 2.75) is 0 Å². The van der Waals surface area contributed by atoms with Gasteiger partial charge in [-0.05, 0) is 11.6 Å². The molecule has 4 heteroatoms. The number of rotatable bonds is 4. The quantitative estimate of drug-likeness (QED) is 0.284. The Labute approximate surface area is 202 Å². The first-order chi connectivity index (χ1) is 15.4. The molecule has 2 N–H and O–H groups in total. The third-order valence-corrected chi connectivity index (χ3v) is 5.80. The summed E-state index contributed by atoms with van der Waals surface area (Å²) in [6, 6.07) is 33.0. The Morgan fingerprint density at radius 3 is 1.72 bits per heavy atom. The first kappa shape index (κ1) is 23.6. The van der Waals surface area contributed by atoms with Crippen LogP contribution in [0, 0.1) is 0 Å². The van der Waals surface area contributed by atoms with Crippen LogP contribution in [0.1, 0.15) is 0 Å². The van der Waals surface area contributed by atoms with Gasteiger partial charge in [0.2, 0.25) is 0 Å². The van der Waals surface area contributed by atoms with Crippen molar-refractivity contribution < 1.29 is 19.2 Å². The van der Waals surface area contributed by atoms with Gasteiger partial charge in [-0.1, -0.05) is 42.5 Å². The van der Waals surface area contributed by atoms with E-state index in [9.17, 15) is 0 Å². The third kappa shape index (κ3) is 5.59. The molecular formula is C28H30N3Pd. The summed E-state index contributed by atoms with van der Waals surface area (Å²) in [5, 5.41) is 0. The van der Waals surface area contributed by atoms with Crippen molar-refractivity contribution in [1.29, 1.82) is 0 Å². The Morgan fingerprint density at radius 1 is 0.562 bits per heavy atom. The van der Waals surface area contributed by atoms with Crippen molar-refractivity contribution in [2.75, 3.05) is 43.7 Å². The van der Waals surface area contributed by atoms with Crippen LogP contribution in [-0.4, -0.2) is 28.2 Å². The molecule has 0 aliphatic carbocycles. The number of benzene rings is 4. The molecule has 0 radical (unpaired) electrons. The molecule has 0 bridgehead atoms. The van der Waals surface area contributed by atoms with E-state index >= 15 is 0 Å². The van der Waals surface area contributed by atoms with Gasteiger partial charge in [-0.3, -0.25) is 0 Å². The van der Waals surface area contributed by atoms with Crippen molar-refractivity contribution in [2.24, 2.45) is 0 Å². The number of hydrogen-bond donors (Lipinski definition) is 1. The molecule has 32 heavy (non-hydrogen) atoms. The molecule has 0 saturated carbocycles. The third-order valence-electron chi connectivity index (χ3n) is 5.13. The van der Waals surface area contributed by atoms with Gasteiger partial charge in [-0.15, -0.1) is 0 Å². The molecular weight excluding hydrogens is 485 g/mol. The van der Waals surface area contributed by atoms with Crippen LogP contribution in [0.25, 0.3) is 22.3 Å². The van der Waals surface area contributed by atoms with Crippen LogP contribution in [0.5, 0.6) is 0 Å². The van der Waals surface area contributed by atoms with Crippen molar-refractivity contribution in [3.63, 3.8) is 0 Å². The number of para-hydroxylation sites is 2. The Bertz CT molecular complexity index is 1110. The molecule has 0 heterocycles. The second-order valence-electron chi connectivity index (χ2n) is 7.86. The summed E-state index contributed by atoms with van der Waals surface area (Å²) in [6.45, 7) is 0. The molecule has 0 saturated heterocycles. The molecule has 0 amide bonds. The second kappa shape index (κ2) is 11.0. The van der Waals surface area contributed by atoms with Crippen LogP contribution in [0.2, 0.25) is 0 Å². The summed E-state index contributed by atoms with van der Waals surface area (Å²) in [7, 11) is 8.34. The summed E-state index contributed by atoms with van der Waals surface area (Å²) >= 11 is 3.23. The Kier molecular flexibility index (Phi) is 8.11. The molecule has 167 valence electrons. The topological polar surface area (TPSA) is 32.5 Å². The molecule has 0 spiro atoms. The molecule has 4 aromatic rings. The molecule has 0 fully saturated rings. The van der Waals surface area contributed by atoms with E-state index in [-0.39, 0.29) is 0 Å². The maximum absolute atomic E-state index is 5.90. The number of nitrogens with two attached hydrogens (primary N) is 1. The van der Waals surface area contributed by atoms with Gasteiger partial charge in [0.15, 0.2) is 0 Å². The van der Waals surface area contributed by atoms with Gasteiger partial charge in [0.25, 0.3) is 0 Å². The van der Waals surface area contributed by atoms with E-state index in [1.807, 2.05) is 42.5 Å². The normalized spacial score (nSPS) is 10.2. The van der Waals surface area contributed by atoms with Crippen molar-refractivity contribution >= 4 is 21.1 Å². The molecule has 0 atom stereocenters. The second-order valence-corrected chi connectivity index (χ2v) is 8.70. The number of nitrogen functional groups attached to an aromatic ring is 1. The SMILES string of the molecule is CN(C)c1cccc(-c2ccccc2)c1N(C)C.Nc1ccccc1-c1cccc[c]1[Pd]. The van der Waals surface area contributed by atoms with Crippen molar-refractivity contribution in [1.82, 2.24) is 0 Å². The van der Waals surface area contributed by atoms with E-state index in [0.717, 1.165) is 20.9 Å². The van der Waals surface area contributed by atoms with Gasteiger partial charge >= 0.3 is 94.3 Å². The van der Waals surface area contributed by atoms with Gasteiger partial charge in [0.1, 0.15) is 0 Å². The van der Waals surface area contributed by atoms with Crippen LogP contribution in [0.15, 0.2) is 97.1 Å². The van der Waals surface area contributed by atoms with E-state index in [2.05, 4.69) is 112 Å². The Morgan fingerprint density at radius 2 is 1.12 bits per heavy atom. The van der Waals surface area contributed by atoms with Gasteiger partial charge in [-0.25, -0.2) is 0 Å². The standard InChI is InChI=1S/C16H20N2.C12H10N.Pd/c1-17(2)15-12-8-11-14(16(15)18(3)4)13-9-6-5-7-10-13;13-12-9-5-4-8-11(12)10-6-2-1-3-7-10;/h5-12H,1-4H3;1-6,8-9H,13H2;. The predicted molar refractivity (Wildman–Crippen MR) is 136 cm³/mol. The fourth-order valence-electron chi connectivity index (χ4n) is 3.62. The monoisotopic (exact) mass is 514 g/mol. The predicted octanol–water partition coefficient (Wildman–Crippen LogP) is 5.59. The van der Waals surface area contributed by atoms with Gasteiger partial charge in [-0.2, -0.15) is 0 Å². The van der Waals surface area contributed by atoms with Crippen LogP contribution in [-0.2, 0) is 19.2 Å². The van der Waals surface area contributed by atoms with E-state index in [0.29, 0.717) is 0 Å². The van der Waals surface area contributed by atoms with Crippen LogP contribution in [0.3, 0.4) is 0 Å². The average Bonchev–Trinajstić information content (AvgIpc) is 2.80. The molecule has 4 rings (SSSR count). The van der Waals surface area contributed by atoms with Gasteiger partial charge < -0.3 is 9.80 Å². The molecule has 4 aromatic carbocycles. The summed E-state index contributed by atoms with van der Waals surface area (Å²) in [6.07, 6.45) is 0. The molecule has 0 unspecified atom stereocenters. The molecule has 0 aliphatic heterocycles. The van der Waals surface area contributed by atoms with Crippen molar-refractivity contribution in [3.8, 4) is 22.3 Å². The summed E-state index contributed by atoms with van der Waals surface area (Å²) < 4.78 is 1.11. The number of hydrogen-bond acceptors (Lipinski definition) is 3. The van der Waals surface area contributed by atoms with E-state index in [1.54, 1.807) is 0 Å².